The average molecular weight is 386 g/mol. The fraction of sp³-hybridized carbons (Fsp3) is 0.250. The summed E-state index contributed by atoms with van der Waals surface area (Å²) in [4.78, 5) is 0.267. The summed E-state index contributed by atoms with van der Waals surface area (Å²) in [5.74, 6) is 0.191. The molecule has 0 saturated carbocycles. The first-order valence-corrected chi connectivity index (χ1v) is 7.91. The largest absolute Gasteiger partial charge is 0.207 e. The lowest BCUT2D eigenvalue weighted by atomic mass is 9.94. The van der Waals surface area contributed by atoms with Gasteiger partial charge in [0.25, 0.3) is 0 Å². The molecule has 0 aliphatic carbocycles. The number of benzene rings is 2. The molecule has 0 saturated heterocycles. The molecule has 19 heavy (non-hydrogen) atoms. The molecule has 2 atom stereocenters. The van der Waals surface area contributed by atoms with Gasteiger partial charge in [0.2, 0.25) is 0 Å². The molecule has 2 unspecified atom stereocenters. The second-order valence-corrected chi connectivity index (χ2v) is 6.57. The second kappa shape index (κ2) is 6.67. The molecule has 3 heteroatoms. The van der Waals surface area contributed by atoms with E-state index >= 15 is 0 Å². The van der Waals surface area contributed by atoms with E-state index in [4.69, 9.17) is 0 Å². The Kier molecular flexibility index (Phi) is 5.17. The first-order chi connectivity index (χ1) is 9.08. The van der Waals surface area contributed by atoms with Gasteiger partial charge in [0, 0.05) is 9.30 Å². The molecular formula is C16H15Br2F. The summed E-state index contributed by atoms with van der Waals surface area (Å²) >= 11 is 7.23. The quantitative estimate of drug-likeness (QED) is 0.574. The van der Waals surface area contributed by atoms with Crippen LogP contribution in [-0.2, 0) is 6.42 Å². The Hall–Kier alpha value is -0.670. The highest BCUT2D eigenvalue weighted by molar-refractivity contribution is 9.10. The van der Waals surface area contributed by atoms with E-state index in [0.29, 0.717) is 5.92 Å². The van der Waals surface area contributed by atoms with Crippen LogP contribution in [0.15, 0.2) is 53.0 Å². The van der Waals surface area contributed by atoms with Crippen LogP contribution in [0.2, 0.25) is 0 Å². The van der Waals surface area contributed by atoms with Gasteiger partial charge in [-0.25, -0.2) is 4.39 Å². The van der Waals surface area contributed by atoms with Gasteiger partial charge in [0.1, 0.15) is 5.82 Å². The van der Waals surface area contributed by atoms with Gasteiger partial charge in [-0.2, -0.15) is 0 Å². The zero-order valence-electron chi connectivity index (χ0n) is 10.6. The van der Waals surface area contributed by atoms with Gasteiger partial charge >= 0.3 is 0 Å². The van der Waals surface area contributed by atoms with Crippen molar-refractivity contribution in [2.75, 3.05) is 0 Å². The first-order valence-electron chi connectivity index (χ1n) is 6.21. The van der Waals surface area contributed by atoms with Crippen LogP contribution in [0, 0.1) is 11.7 Å². The molecule has 0 nitrogen and oxygen atoms in total. The van der Waals surface area contributed by atoms with Crippen LogP contribution in [0.1, 0.15) is 22.9 Å². The zero-order chi connectivity index (χ0) is 13.8. The monoisotopic (exact) mass is 384 g/mol. The lowest BCUT2D eigenvalue weighted by Gasteiger charge is -2.19. The normalized spacial score (nSPS) is 14.1. The molecule has 2 rings (SSSR count). The molecule has 0 fully saturated rings. The molecule has 0 heterocycles. The minimum absolute atomic E-state index is 0.184. The van der Waals surface area contributed by atoms with E-state index in [0.717, 1.165) is 16.5 Å². The van der Waals surface area contributed by atoms with Gasteiger partial charge in [-0.1, -0.05) is 69.1 Å². The van der Waals surface area contributed by atoms with Gasteiger partial charge < -0.3 is 0 Å². The van der Waals surface area contributed by atoms with Crippen LogP contribution < -0.4 is 0 Å². The van der Waals surface area contributed by atoms with Crippen molar-refractivity contribution in [3.8, 4) is 0 Å². The van der Waals surface area contributed by atoms with Gasteiger partial charge in [0.15, 0.2) is 0 Å². The van der Waals surface area contributed by atoms with Crippen molar-refractivity contribution in [1.29, 1.82) is 0 Å². The molecule has 0 aliphatic heterocycles. The molecule has 0 amide bonds. The van der Waals surface area contributed by atoms with Crippen molar-refractivity contribution < 1.29 is 4.39 Å². The second-order valence-electron chi connectivity index (χ2n) is 4.73. The van der Waals surface area contributed by atoms with Crippen LogP contribution in [0.5, 0.6) is 0 Å². The summed E-state index contributed by atoms with van der Waals surface area (Å²) in [6.07, 6.45) is 0.823. The van der Waals surface area contributed by atoms with Crippen molar-refractivity contribution in [3.05, 3.63) is 69.9 Å². The highest BCUT2D eigenvalue weighted by Gasteiger charge is 2.17. The van der Waals surface area contributed by atoms with Gasteiger partial charge in [0.05, 0.1) is 0 Å². The van der Waals surface area contributed by atoms with Crippen LogP contribution in [-0.4, -0.2) is 0 Å². The van der Waals surface area contributed by atoms with Gasteiger partial charge in [-0.15, -0.1) is 0 Å². The number of alkyl halides is 1. The molecule has 0 bridgehead atoms. The molecule has 0 spiro atoms. The highest BCUT2D eigenvalue weighted by atomic mass is 79.9. The van der Waals surface area contributed by atoms with Gasteiger partial charge in [-0.3, -0.25) is 0 Å². The van der Waals surface area contributed by atoms with Gasteiger partial charge in [-0.05, 0) is 41.7 Å². The van der Waals surface area contributed by atoms with E-state index in [-0.39, 0.29) is 10.6 Å². The summed E-state index contributed by atoms with van der Waals surface area (Å²) in [6, 6.07) is 15.1. The zero-order valence-corrected chi connectivity index (χ0v) is 13.8. The third kappa shape index (κ3) is 3.90. The molecule has 100 valence electrons. The van der Waals surface area contributed by atoms with E-state index < -0.39 is 0 Å². The molecule has 0 aromatic heterocycles. The van der Waals surface area contributed by atoms with Crippen molar-refractivity contribution in [2.45, 2.75) is 18.2 Å². The van der Waals surface area contributed by atoms with E-state index in [1.807, 2.05) is 18.2 Å². The Bertz CT molecular complexity index is 540. The summed E-state index contributed by atoms with van der Waals surface area (Å²) in [5.41, 5.74) is 2.26. The minimum atomic E-state index is -0.184. The summed E-state index contributed by atoms with van der Waals surface area (Å²) in [7, 11) is 0. The van der Waals surface area contributed by atoms with Crippen molar-refractivity contribution in [2.24, 2.45) is 5.92 Å². The minimum Gasteiger partial charge on any atom is -0.207 e. The number of rotatable bonds is 4. The summed E-state index contributed by atoms with van der Waals surface area (Å²) < 4.78 is 14.3. The molecule has 0 aliphatic rings. The lowest BCUT2D eigenvalue weighted by molar-refractivity contribution is 0.565. The van der Waals surface area contributed by atoms with Crippen LogP contribution in [0.3, 0.4) is 0 Å². The molecular weight excluding hydrogens is 371 g/mol. The predicted molar refractivity (Wildman–Crippen MR) is 85.1 cm³/mol. The van der Waals surface area contributed by atoms with Crippen molar-refractivity contribution in [1.82, 2.24) is 0 Å². The molecule has 2 aromatic carbocycles. The average Bonchev–Trinajstić information content (AvgIpc) is 2.43. The SMILES string of the molecule is CC(Cc1cc(F)ccc1Br)C(Br)c1ccccc1. The first kappa shape index (κ1) is 14.7. The smallest absolute Gasteiger partial charge is 0.123 e. The maximum absolute atomic E-state index is 13.3. The van der Waals surface area contributed by atoms with Crippen molar-refractivity contribution in [3.63, 3.8) is 0 Å². The fourth-order valence-corrected chi connectivity index (χ4v) is 3.02. The molecule has 0 radical (unpaired) electrons. The number of hydrogen-bond acceptors (Lipinski definition) is 0. The van der Waals surface area contributed by atoms with Crippen molar-refractivity contribution >= 4 is 31.9 Å². The Morgan fingerprint density at radius 1 is 1.11 bits per heavy atom. The van der Waals surface area contributed by atoms with Crippen LogP contribution >= 0.6 is 31.9 Å². The Balaban J connectivity index is 2.12. The van der Waals surface area contributed by atoms with E-state index in [1.165, 1.54) is 11.6 Å². The standard InChI is InChI=1S/C16H15Br2F/c1-11(16(18)12-5-3-2-4-6-12)9-13-10-14(19)7-8-15(13)17/h2-8,10-11,16H,9H2,1H3. The highest BCUT2D eigenvalue weighted by Crippen LogP contribution is 2.34. The Morgan fingerprint density at radius 2 is 1.79 bits per heavy atom. The lowest BCUT2D eigenvalue weighted by Crippen LogP contribution is -2.07. The topological polar surface area (TPSA) is 0 Å². The Labute approximate surface area is 130 Å². The van der Waals surface area contributed by atoms with Crippen LogP contribution in [0.4, 0.5) is 4.39 Å². The van der Waals surface area contributed by atoms with E-state index in [2.05, 4.69) is 50.9 Å². The third-order valence-electron chi connectivity index (χ3n) is 3.17. The molecule has 2 aromatic rings. The van der Waals surface area contributed by atoms with Crippen LogP contribution in [0.25, 0.3) is 0 Å². The maximum atomic E-state index is 13.3. The number of hydrogen-bond donors (Lipinski definition) is 0. The number of halogens is 3. The van der Waals surface area contributed by atoms with E-state index in [1.54, 1.807) is 12.1 Å². The maximum Gasteiger partial charge on any atom is 0.123 e. The van der Waals surface area contributed by atoms with E-state index in [9.17, 15) is 4.39 Å². The summed E-state index contributed by atoms with van der Waals surface area (Å²) in [6.45, 7) is 2.17. The third-order valence-corrected chi connectivity index (χ3v) is 5.37. The summed E-state index contributed by atoms with van der Waals surface area (Å²) in [5, 5.41) is 0. The predicted octanol–water partition coefficient (Wildman–Crippen LogP) is 5.90. The Morgan fingerprint density at radius 3 is 2.47 bits per heavy atom. The fourth-order valence-electron chi connectivity index (χ4n) is 2.12. The molecule has 0 N–H and O–H groups in total.